The van der Waals surface area contributed by atoms with Gasteiger partial charge in [0.25, 0.3) is 0 Å². The van der Waals surface area contributed by atoms with Gasteiger partial charge in [-0.2, -0.15) is 0 Å². The molecule has 0 aliphatic heterocycles. The lowest BCUT2D eigenvalue weighted by Gasteiger charge is -2.21. The highest BCUT2D eigenvalue weighted by Gasteiger charge is 2.32. The van der Waals surface area contributed by atoms with E-state index in [4.69, 9.17) is 0 Å². The number of nitrogens with zero attached hydrogens (tertiary/aromatic N) is 3. The number of hydrogen-bond donors (Lipinski definition) is 1. The highest BCUT2D eigenvalue weighted by molar-refractivity contribution is 7.91. The molecule has 1 aliphatic rings. The lowest BCUT2D eigenvalue weighted by atomic mass is 9.91. The van der Waals surface area contributed by atoms with Crippen LogP contribution in [0.2, 0.25) is 0 Å². The SMILES string of the molecule is Cc1cc(F)ccc1S(=O)(=O)CC1CCC(n2c(=O)n(CC(=O)O)c3cccnc32)CCC1C. The van der Waals surface area contributed by atoms with Crippen molar-refractivity contribution >= 4 is 27.0 Å². The van der Waals surface area contributed by atoms with Gasteiger partial charge < -0.3 is 5.11 Å². The highest BCUT2D eigenvalue weighted by atomic mass is 32.2. The Bertz CT molecular complexity index is 1400. The fourth-order valence-electron chi connectivity index (χ4n) is 5.09. The van der Waals surface area contributed by atoms with Crippen molar-refractivity contribution in [2.24, 2.45) is 11.8 Å². The first-order valence-corrected chi connectivity index (χ1v) is 13.0. The van der Waals surface area contributed by atoms with Crippen molar-refractivity contribution in [1.82, 2.24) is 14.1 Å². The quantitative estimate of drug-likeness (QED) is 0.419. The number of sulfone groups is 1. The van der Waals surface area contributed by atoms with Gasteiger partial charge in [0, 0.05) is 12.2 Å². The summed E-state index contributed by atoms with van der Waals surface area (Å²) in [5, 5.41) is 9.25. The molecule has 0 radical (unpaired) electrons. The Kier molecular flexibility index (Phi) is 6.62. The Morgan fingerprint density at radius 1 is 1.21 bits per heavy atom. The zero-order valence-electron chi connectivity index (χ0n) is 19.1. The van der Waals surface area contributed by atoms with Crippen LogP contribution in [-0.4, -0.2) is 39.4 Å². The number of pyridine rings is 1. The van der Waals surface area contributed by atoms with E-state index in [1.54, 1.807) is 29.8 Å². The van der Waals surface area contributed by atoms with E-state index in [-0.39, 0.29) is 28.5 Å². The molecule has 0 spiro atoms. The second-order valence-electron chi connectivity index (χ2n) is 9.22. The predicted molar refractivity (Wildman–Crippen MR) is 125 cm³/mol. The number of carbonyl (C=O) groups is 1. The second kappa shape index (κ2) is 9.32. The molecule has 0 saturated heterocycles. The van der Waals surface area contributed by atoms with Crippen molar-refractivity contribution in [2.75, 3.05) is 5.75 Å². The minimum absolute atomic E-state index is 0.0404. The number of rotatable bonds is 6. The molecule has 10 heteroatoms. The summed E-state index contributed by atoms with van der Waals surface area (Å²) in [6.45, 7) is 3.17. The zero-order valence-corrected chi connectivity index (χ0v) is 20.0. The average molecular weight is 490 g/mol. The molecule has 34 heavy (non-hydrogen) atoms. The van der Waals surface area contributed by atoms with Gasteiger partial charge in [-0.3, -0.25) is 13.9 Å². The average Bonchev–Trinajstić information content (AvgIpc) is 2.90. The van der Waals surface area contributed by atoms with Gasteiger partial charge in [-0.05, 0) is 80.3 Å². The maximum atomic E-state index is 13.5. The Morgan fingerprint density at radius 3 is 2.65 bits per heavy atom. The number of carboxylic acids is 1. The third kappa shape index (κ3) is 4.64. The summed E-state index contributed by atoms with van der Waals surface area (Å²) in [6, 6.07) is 6.86. The van der Waals surface area contributed by atoms with E-state index >= 15 is 0 Å². The molecule has 3 aromatic rings. The second-order valence-corrected chi connectivity index (χ2v) is 11.2. The maximum Gasteiger partial charge on any atom is 0.331 e. The van der Waals surface area contributed by atoms with Crippen LogP contribution in [0.25, 0.3) is 11.2 Å². The predicted octanol–water partition coefficient (Wildman–Crippen LogP) is 3.57. The molecule has 1 saturated carbocycles. The topological polar surface area (TPSA) is 111 Å². The van der Waals surface area contributed by atoms with Crippen molar-refractivity contribution < 1.29 is 22.7 Å². The summed E-state index contributed by atoms with van der Waals surface area (Å²) in [5.41, 5.74) is 0.891. The van der Waals surface area contributed by atoms with Crippen LogP contribution in [0.5, 0.6) is 0 Å². The monoisotopic (exact) mass is 489 g/mol. The van der Waals surface area contributed by atoms with Gasteiger partial charge in [0.15, 0.2) is 15.5 Å². The van der Waals surface area contributed by atoms with Crippen LogP contribution in [0.15, 0.2) is 46.2 Å². The summed E-state index contributed by atoms with van der Waals surface area (Å²) in [6.07, 6.45) is 4.13. The smallest absolute Gasteiger partial charge is 0.331 e. The largest absolute Gasteiger partial charge is 0.480 e. The van der Waals surface area contributed by atoms with Crippen LogP contribution in [0.3, 0.4) is 0 Å². The standard InChI is InChI=1S/C24H28FN3O5S/c1-15-5-8-19(28-23-20(4-3-11-26-23)27(24(28)31)13-22(29)30)9-6-17(15)14-34(32,33)21-10-7-18(25)12-16(21)2/h3-4,7,10-12,15,17,19H,5-6,8-9,13-14H2,1-2H3,(H,29,30). The minimum Gasteiger partial charge on any atom is -0.480 e. The van der Waals surface area contributed by atoms with E-state index in [9.17, 15) is 27.5 Å². The zero-order chi connectivity index (χ0) is 24.6. The summed E-state index contributed by atoms with van der Waals surface area (Å²) >= 11 is 0. The van der Waals surface area contributed by atoms with E-state index in [0.29, 0.717) is 36.0 Å². The molecule has 1 fully saturated rings. The number of benzene rings is 1. The number of imidazole rings is 1. The molecule has 2 aromatic heterocycles. The molecule has 1 aromatic carbocycles. The third-order valence-electron chi connectivity index (χ3n) is 6.92. The number of halogens is 1. The van der Waals surface area contributed by atoms with Crippen molar-refractivity contribution in [1.29, 1.82) is 0 Å². The molecule has 0 amide bonds. The van der Waals surface area contributed by atoms with Gasteiger partial charge in [-0.25, -0.2) is 22.6 Å². The first kappa shape index (κ1) is 24.1. The highest BCUT2D eigenvalue weighted by Crippen LogP contribution is 2.36. The fourth-order valence-corrected chi connectivity index (χ4v) is 7.15. The van der Waals surface area contributed by atoms with E-state index in [0.717, 1.165) is 6.42 Å². The number of aliphatic carboxylic acids is 1. The van der Waals surface area contributed by atoms with Crippen LogP contribution in [0.1, 0.15) is 44.2 Å². The van der Waals surface area contributed by atoms with E-state index in [1.807, 2.05) is 6.92 Å². The Balaban J connectivity index is 1.61. The van der Waals surface area contributed by atoms with Gasteiger partial charge >= 0.3 is 11.7 Å². The van der Waals surface area contributed by atoms with Crippen molar-refractivity contribution in [3.8, 4) is 0 Å². The summed E-state index contributed by atoms with van der Waals surface area (Å²) in [5.74, 6) is -1.63. The van der Waals surface area contributed by atoms with Crippen molar-refractivity contribution in [3.63, 3.8) is 0 Å². The molecular formula is C24H28FN3O5S. The third-order valence-corrected chi connectivity index (χ3v) is 8.91. The van der Waals surface area contributed by atoms with E-state index in [1.165, 1.54) is 22.8 Å². The van der Waals surface area contributed by atoms with Crippen molar-refractivity contribution in [3.05, 3.63) is 58.4 Å². The molecule has 0 bridgehead atoms. The van der Waals surface area contributed by atoms with Crippen LogP contribution >= 0.6 is 0 Å². The number of aryl methyl sites for hydroxylation is 1. The van der Waals surface area contributed by atoms with Crippen LogP contribution < -0.4 is 5.69 Å². The lowest BCUT2D eigenvalue weighted by Crippen LogP contribution is -2.29. The maximum absolute atomic E-state index is 13.5. The Labute approximate surface area is 197 Å². The number of hydrogen-bond acceptors (Lipinski definition) is 5. The molecule has 2 heterocycles. The fraction of sp³-hybridized carbons (Fsp3) is 0.458. The molecule has 3 unspecified atom stereocenters. The van der Waals surface area contributed by atoms with Gasteiger partial charge in [-0.15, -0.1) is 0 Å². The summed E-state index contributed by atoms with van der Waals surface area (Å²) in [7, 11) is -3.61. The number of fused-ring (bicyclic) bond motifs is 1. The van der Waals surface area contributed by atoms with Gasteiger partial charge in [0.05, 0.1) is 16.2 Å². The van der Waals surface area contributed by atoms with Gasteiger partial charge in [0.1, 0.15) is 12.4 Å². The molecule has 1 aliphatic carbocycles. The molecule has 3 atom stereocenters. The van der Waals surface area contributed by atoms with Crippen LogP contribution in [-0.2, 0) is 21.2 Å². The normalized spacial score (nSPS) is 21.4. The van der Waals surface area contributed by atoms with Gasteiger partial charge in [0.2, 0.25) is 0 Å². The summed E-state index contributed by atoms with van der Waals surface area (Å²) in [4.78, 5) is 29.0. The Hall–Kier alpha value is -3.01. The molecule has 4 rings (SSSR count). The first-order chi connectivity index (χ1) is 16.1. The lowest BCUT2D eigenvalue weighted by molar-refractivity contribution is -0.137. The van der Waals surface area contributed by atoms with E-state index in [2.05, 4.69) is 4.98 Å². The summed E-state index contributed by atoms with van der Waals surface area (Å²) < 4.78 is 42.5. The molecule has 8 nitrogen and oxygen atoms in total. The van der Waals surface area contributed by atoms with Crippen molar-refractivity contribution in [2.45, 2.75) is 57.0 Å². The number of aromatic nitrogens is 3. The molecule has 182 valence electrons. The van der Waals surface area contributed by atoms with Crippen LogP contribution in [0.4, 0.5) is 4.39 Å². The minimum atomic E-state index is -3.61. The van der Waals surface area contributed by atoms with E-state index < -0.39 is 33.9 Å². The molecule has 1 N–H and O–H groups in total. The number of carboxylic acid groups (broad SMARTS) is 1. The molecular weight excluding hydrogens is 461 g/mol. The van der Waals surface area contributed by atoms with Gasteiger partial charge in [-0.1, -0.05) is 6.92 Å². The van der Waals surface area contributed by atoms with Crippen LogP contribution in [0, 0.1) is 24.6 Å². The Morgan fingerprint density at radius 2 is 1.94 bits per heavy atom. The first-order valence-electron chi connectivity index (χ1n) is 11.3.